The van der Waals surface area contributed by atoms with Gasteiger partial charge in [0.25, 0.3) is 0 Å². The van der Waals surface area contributed by atoms with E-state index in [-0.39, 0.29) is 11.4 Å². The Balaban J connectivity index is 2.52. The summed E-state index contributed by atoms with van der Waals surface area (Å²) in [4.78, 5) is 0. The van der Waals surface area contributed by atoms with E-state index in [2.05, 4.69) is 26.0 Å². The van der Waals surface area contributed by atoms with Gasteiger partial charge >= 0.3 is 0 Å². The Bertz CT molecular complexity index is 508. The van der Waals surface area contributed by atoms with Gasteiger partial charge in [-0.1, -0.05) is 22.9 Å². The van der Waals surface area contributed by atoms with E-state index in [1.165, 1.54) is 18.2 Å². The van der Waals surface area contributed by atoms with Gasteiger partial charge in [0.2, 0.25) is 10.0 Å². The van der Waals surface area contributed by atoms with Gasteiger partial charge in [-0.3, -0.25) is 4.72 Å². The number of hydrogen-bond donors (Lipinski definition) is 2. The predicted molar refractivity (Wildman–Crippen MR) is 79.3 cm³/mol. The quantitative estimate of drug-likeness (QED) is 0.707. The molecule has 7 heteroatoms. The topological polar surface area (TPSA) is 58.2 Å². The van der Waals surface area contributed by atoms with E-state index in [1.54, 1.807) is 0 Å². The summed E-state index contributed by atoms with van der Waals surface area (Å²) in [6.45, 7) is 3.65. The van der Waals surface area contributed by atoms with Gasteiger partial charge in [-0.25, -0.2) is 12.8 Å². The van der Waals surface area contributed by atoms with Gasteiger partial charge in [-0.05, 0) is 44.1 Å². The van der Waals surface area contributed by atoms with Gasteiger partial charge in [0.15, 0.2) is 0 Å². The van der Waals surface area contributed by atoms with Crippen LogP contribution in [0, 0.1) is 5.82 Å². The predicted octanol–water partition coefficient (Wildman–Crippen LogP) is 2.72. The molecule has 108 valence electrons. The van der Waals surface area contributed by atoms with Crippen LogP contribution in [0.5, 0.6) is 0 Å². The molecule has 0 aliphatic carbocycles. The van der Waals surface area contributed by atoms with Crippen molar-refractivity contribution in [1.29, 1.82) is 0 Å². The molecule has 0 spiro atoms. The Labute approximate surface area is 122 Å². The lowest BCUT2D eigenvalue weighted by Crippen LogP contribution is -2.19. The van der Waals surface area contributed by atoms with Crippen LogP contribution in [-0.2, 0) is 10.0 Å². The van der Waals surface area contributed by atoms with E-state index in [0.717, 1.165) is 19.5 Å². The van der Waals surface area contributed by atoms with E-state index in [4.69, 9.17) is 0 Å². The lowest BCUT2D eigenvalue weighted by atomic mass is 10.3. The van der Waals surface area contributed by atoms with Crippen LogP contribution < -0.4 is 10.0 Å². The molecule has 0 heterocycles. The molecule has 0 radical (unpaired) electrons. The first-order valence-corrected chi connectivity index (χ1v) is 8.55. The Morgan fingerprint density at radius 1 is 1.32 bits per heavy atom. The Morgan fingerprint density at radius 2 is 2.05 bits per heavy atom. The maximum Gasteiger partial charge on any atom is 0.232 e. The largest absolute Gasteiger partial charge is 0.317 e. The molecule has 0 aromatic heterocycles. The molecule has 0 amide bonds. The minimum absolute atomic E-state index is 0.00958. The molecular weight excluding hydrogens is 335 g/mol. The van der Waals surface area contributed by atoms with Gasteiger partial charge in [-0.2, -0.15) is 0 Å². The zero-order valence-electron chi connectivity index (χ0n) is 10.7. The highest BCUT2D eigenvalue weighted by Gasteiger charge is 2.13. The number of halogens is 2. The first-order valence-electron chi connectivity index (χ1n) is 6.11. The number of benzene rings is 1. The van der Waals surface area contributed by atoms with Crippen molar-refractivity contribution in [3.63, 3.8) is 0 Å². The number of sulfonamides is 1. The fourth-order valence-corrected chi connectivity index (χ4v) is 3.05. The van der Waals surface area contributed by atoms with E-state index < -0.39 is 15.8 Å². The molecule has 0 saturated carbocycles. The van der Waals surface area contributed by atoms with E-state index in [1.807, 2.05) is 6.92 Å². The SMILES string of the molecule is CCNCCCCS(=O)(=O)Nc1cc(Br)ccc1F. The summed E-state index contributed by atoms with van der Waals surface area (Å²) in [7, 11) is -3.50. The summed E-state index contributed by atoms with van der Waals surface area (Å²) >= 11 is 3.18. The third-order valence-electron chi connectivity index (χ3n) is 2.46. The monoisotopic (exact) mass is 352 g/mol. The molecule has 0 unspecified atom stereocenters. The second-order valence-electron chi connectivity index (χ2n) is 4.11. The van der Waals surface area contributed by atoms with Crippen molar-refractivity contribution in [3.05, 3.63) is 28.5 Å². The van der Waals surface area contributed by atoms with Gasteiger partial charge in [-0.15, -0.1) is 0 Å². The first kappa shape index (κ1) is 16.4. The van der Waals surface area contributed by atoms with Crippen LogP contribution in [0.1, 0.15) is 19.8 Å². The fraction of sp³-hybridized carbons (Fsp3) is 0.500. The number of unbranched alkanes of at least 4 members (excludes halogenated alkanes) is 1. The summed E-state index contributed by atoms with van der Waals surface area (Å²) in [5.74, 6) is -0.593. The molecule has 0 fully saturated rings. The van der Waals surface area contributed by atoms with Gasteiger partial charge in [0.1, 0.15) is 5.82 Å². The Hall–Kier alpha value is -0.660. The van der Waals surface area contributed by atoms with Gasteiger partial charge < -0.3 is 5.32 Å². The first-order chi connectivity index (χ1) is 8.94. The molecule has 1 rings (SSSR count). The third kappa shape index (κ3) is 6.35. The van der Waals surface area contributed by atoms with Crippen LogP contribution in [0.25, 0.3) is 0 Å². The van der Waals surface area contributed by atoms with Crippen LogP contribution >= 0.6 is 15.9 Å². The normalized spacial score (nSPS) is 11.5. The number of rotatable bonds is 8. The average Bonchev–Trinajstić information content (AvgIpc) is 2.33. The molecule has 0 aliphatic rings. The average molecular weight is 353 g/mol. The lowest BCUT2D eigenvalue weighted by Gasteiger charge is -2.09. The van der Waals surface area contributed by atoms with Crippen LogP contribution in [0.4, 0.5) is 10.1 Å². The van der Waals surface area contributed by atoms with Gasteiger partial charge in [0, 0.05) is 4.47 Å². The van der Waals surface area contributed by atoms with Crippen molar-refractivity contribution < 1.29 is 12.8 Å². The van der Waals surface area contributed by atoms with Crippen molar-refractivity contribution >= 4 is 31.6 Å². The molecule has 0 bridgehead atoms. The Morgan fingerprint density at radius 3 is 2.74 bits per heavy atom. The summed E-state index contributed by atoms with van der Waals surface area (Å²) in [5, 5.41) is 3.12. The third-order valence-corrected chi connectivity index (χ3v) is 4.31. The molecule has 1 aromatic rings. The lowest BCUT2D eigenvalue weighted by molar-refractivity contribution is 0.591. The highest BCUT2D eigenvalue weighted by Crippen LogP contribution is 2.21. The maximum atomic E-state index is 13.4. The minimum atomic E-state index is -3.50. The molecule has 2 N–H and O–H groups in total. The van der Waals surface area contributed by atoms with Crippen molar-refractivity contribution in [2.24, 2.45) is 0 Å². The number of nitrogens with one attached hydrogen (secondary N) is 2. The summed E-state index contributed by atoms with van der Waals surface area (Å²) in [6, 6.07) is 4.14. The van der Waals surface area contributed by atoms with E-state index >= 15 is 0 Å². The van der Waals surface area contributed by atoms with Crippen molar-refractivity contribution in [1.82, 2.24) is 5.32 Å². The van der Waals surface area contributed by atoms with Crippen LogP contribution in [0.15, 0.2) is 22.7 Å². The highest BCUT2D eigenvalue weighted by atomic mass is 79.9. The molecular formula is C12H18BrFN2O2S. The standard InChI is InChI=1S/C12H18BrFN2O2S/c1-2-15-7-3-4-8-19(17,18)16-12-9-10(13)5-6-11(12)14/h5-6,9,15-16H,2-4,7-8H2,1H3. The number of anilines is 1. The van der Waals surface area contributed by atoms with Crippen molar-refractivity contribution in [2.45, 2.75) is 19.8 Å². The summed E-state index contributed by atoms with van der Waals surface area (Å²) < 4.78 is 39.9. The molecule has 4 nitrogen and oxygen atoms in total. The molecule has 0 atom stereocenters. The summed E-state index contributed by atoms with van der Waals surface area (Å²) in [5.41, 5.74) is -0.0268. The van der Waals surface area contributed by atoms with E-state index in [0.29, 0.717) is 10.9 Å². The zero-order valence-corrected chi connectivity index (χ0v) is 13.2. The fourth-order valence-electron chi connectivity index (χ4n) is 1.51. The van der Waals surface area contributed by atoms with Crippen LogP contribution in [-0.4, -0.2) is 27.3 Å². The number of hydrogen-bond acceptors (Lipinski definition) is 3. The highest BCUT2D eigenvalue weighted by molar-refractivity contribution is 9.10. The molecule has 0 saturated heterocycles. The van der Waals surface area contributed by atoms with Gasteiger partial charge in [0.05, 0.1) is 11.4 Å². The smallest absolute Gasteiger partial charge is 0.232 e. The maximum absolute atomic E-state index is 13.4. The van der Waals surface area contributed by atoms with Crippen molar-refractivity contribution in [2.75, 3.05) is 23.6 Å². The molecule has 0 aliphatic heterocycles. The van der Waals surface area contributed by atoms with Crippen molar-refractivity contribution in [3.8, 4) is 0 Å². The van der Waals surface area contributed by atoms with E-state index in [9.17, 15) is 12.8 Å². The Kier molecular flexibility index (Phi) is 6.74. The summed E-state index contributed by atoms with van der Waals surface area (Å²) in [6.07, 6.45) is 1.31. The van der Waals surface area contributed by atoms with Crippen LogP contribution in [0.2, 0.25) is 0 Å². The second kappa shape index (κ2) is 7.81. The second-order valence-corrected chi connectivity index (χ2v) is 6.86. The zero-order chi connectivity index (χ0) is 14.3. The minimum Gasteiger partial charge on any atom is -0.317 e. The molecule has 1 aromatic carbocycles. The molecule has 19 heavy (non-hydrogen) atoms. The van der Waals surface area contributed by atoms with Crippen LogP contribution in [0.3, 0.4) is 0 Å².